The van der Waals surface area contributed by atoms with Gasteiger partial charge in [-0.15, -0.1) is 0 Å². The van der Waals surface area contributed by atoms with Gasteiger partial charge in [-0.1, -0.05) is 30.3 Å². The first-order chi connectivity index (χ1) is 13.2. The Labute approximate surface area is 159 Å². The number of carbonyl (C=O) groups excluding carboxylic acids is 1. The number of nitrogens with zero attached hydrogens (tertiary/aromatic N) is 2. The van der Waals surface area contributed by atoms with Gasteiger partial charge in [-0.05, 0) is 36.3 Å². The third-order valence-corrected chi connectivity index (χ3v) is 4.78. The molecule has 4 nitrogen and oxygen atoms in total. The molecule has 0 saturated carbocycles. The molecule has 1 heterocycles. The van der Waals surface area contributed by atoms with Gasteiger partial charge >= 0.3 is 0 Å². The minimum atomic E-state index is -0.317. The van der Waals surface area contributed by atoms with Crippen LogP contribution in [-0.2, 0) is 11.3 Å². The molecule has 1 fully saturated rings. The number of hydrogen-bond acceptors (Lipinski definition) is 3. The highest BCUT2D eigenvalue weighted by Gasteiger charge is 2.17. The zero-order valence-corrected chi connectivity index (χ0v) is 15.6. The minimum absolute atomic E-state index is 0.0652. The smallest absolute Gasteiger partial charge is 0.246 e. The number of halogens is 1. The van der Waals surface area contributed by atoms with E-state index < -0.39 is 0 Å². The molecule has 1 aliphatic heterocycles. The SMILES string of the molecule is COc1ccc(CN2CCCN(C(=O)/C=C/c3ccccc3F)CC2)cc1. The fraction of sp³-hybridized carbons (Fsp3) is 0.318. The third kappa shape index (κ3) is 5.41. The van der Waals surface area contributed by atoms with E-state index in [-0.39, 0.29) is 11.7 Å². The van der Waals surface area contributed by atoms with Crippen LogP contribution in [0.5, 0.6) is 5.75 Å². The summed E-state index contributed by atoms with van der Waals surface area (Å²) in [6.45, 7) is 4.03. The lowest BCUT2D eigenvalue weighted by Gasteiger charge is -2.21. The summed E-state index contributed by atoms with van der Waals surface area (Å²) in [4.78, 5) is 16.7. The normalized spacial score (nSPS) is 15.7. The van der Waals surface area contributed by atoms with Crippen LogP contribution in [0.1, 0.15) is 17.5 Å². The van der Waals surface area contributed by atoms with Crippen molar-refractivity contribution < 1.29 is 13.9 Å². The van der Waals surface area contributed by atoms with Crippen LogP contribution in [0.4, 0.5) is 4.39 Å². The third-order valence-electron chi connectivity index (χ3n) is 4.78. The topological polar surface area (TPSA) is 32.8 Å². The van der Waals surface area contributed by atoms with Crippen molar-refractivity contribution in [3.05, 3.63) is 71.6 Å². The highest BCUT2D eigenvalue weighted by Crippen LogP contribution is 2.15. The molecule has 142 valence electrons. The van der Waals surface area contributed by atoms with Gasteiger partial charge in [0.05, 0.1) is 7.11 Å². The van der Waals surface area contributed by atoms with Gasteiger partial charge in [0.25, 0.3) is 0 Å². The number of hydrogen-bond donors (Lipinski definition) is 0. The van der Waals surface area contributed by atoms with E-state index in [0.29, 0.717) is 12.1 Å². The summed E-state index contributed by atoms with van der Waals surface area (Å²) in [5.41, 5.74) is 1.66. The molecule has 0 aliphatic carbocycles. The van der Waals surface area contributed by atoms with Crippen LogP contribution in [-0.4, -0.2) is 49.0 Å². The molecule has 1 aliphatic rings. The van der Waals surface area contributed by atoms with E-state index in [1.54, 1.807) is 31.4 Å². The van der Waals surface area contributed by atoms with E-state index in [1.165, 1.54) is 17.7 Å². The van der Waals surface area contributed by atoms with Gasteiger partial charge in [0.15, 0.2) is 0 Å². The van der Waals surface area contributed by atoms with Crippen molar-refractivity contribution in [2.75, 3.05) is 33.3 Å². The van der Waals surface area contributed by atoms with Gasteiger partial charge < -0.3 is 9.64 Å². The van der Waals surface area contributed by atoms with Crippen LogP contribution in [0.2, 0.25) is 0 Å². The van der Waals surface area contributed by atoms with Crippen molar-refractivity contribution in [2.24, 2.45) is 0 Å². The second-order valence-electron chi connectivity index (χ2n) is 6.66. The summed E-state index contributed by atoms with van der Waals surface area (Å²) in [6.07, 6.45) is 3.95. The predicted octanol–water partition coefficient (Wildman–Crippen LogP) is 3.58. The van der Waals surface area contributed by atoms with Crippen LogP contribution in [0, 0.1) is 5.82 Å². The van der Waals surface area contributed by atoms with Gasteiger partial charge in [0.2, 0.25) is 5.91 Å². The van der Waals surface area contributed by atoms with Gasteiger partial charge in [-0.25, -0.2) is 4.39 Å². The van der Waals surface area contributed by atoms with Crippen LogP contribution >= 0.6 is 0 Å². The first-order valence-electron chi connectivity index (χ1n) is 9.22. The van der Waals surface area contributed by atoms with Crippen molar-refractivity contribution >= 4 is 12.0 Å². The van der Waals surface area contributed by atoms with Gasteiger partial charge in [0.1, 0.15) is 11.6 Å². The molecule has 2 aromatic carbocycles. The lowest BCUT2D eigenvalue weighted by atomic mass is 10.2. The van der Waals surface area contributed by atoms with Crippen molar-refractivity contribution in [1.82, 2.24) is 9.80 Å². The Balaban J connectivity index is 1.54. The molecule has 0 unspecified atom stereocenters. The van der Waals surface area contributed by atoms with E-state index >= 15 is 0 Å². The summed E-state index contributed by atoms with van der Waals surface area (Å²) in [6, 6.07) is 14.5. The van der Waals surface area contributed by atoms with Crippen molar-refractivity contribution in [1.29, 1.82) is 0 Å². The number of carbonyl (C=O) groups is 1. The average molecular weight is 368 g/mol. The van der Waals surface area contributed by atoms with E-state index in [9.17, 15) is 9.18 Å². The molecule has 0 N–H and O–H groups in total. The highest BCUT2D eigenvalue weighted by atomic mass is 19.1. The predicted molar refractivity (Wildman–Crippen MR) is 105 cm³/mol. The van der Waals surface area contributed by atoms with E-state index in [0.717, 1.165) is 38.3 Å². The Kier molecular flexibility index (Phi) is 6.60. The number of methoxy groups -OCH3 is 1. The molecular formula is C22H25FN2O2. The Hall–Kier alpha value is -2.66. The molecule has 0 atom stereocenters. The molecule has 1 saturated heterocycles. The number of rotatable bonds is 5. The summed E-state index contributed by atoms with van der Waals surface area (Å²) in [7, 11) is 1.66. The minimum Gasteiger partial charge on any atom is -0.497 e. The summed E-state index contributed by atoms with van der Waals surface area (Å²) in [5, 5.41) is 0. The second-order valence-corrected chi connectivity index (χ2v) is 6.66. The molecule has 3 rings (SSSR count). The van der Waals surface area contributed by atoms with E-state index in [1.807, 2.05) is 17.0 Å². The summed E-state index contributed by atoms with van der Waals surface area (Å²) in [5.74, 6) is 0.473. The number of ether oxygens (including phenoxy) is 1. The zero-order valence-electron chi connectivity index (χ0n) is 15.6. The van der Waals surface area contributed by atoms with Crippen molar-refractivity contribution in [2.45, 2.75) is 13.0 Å². The van der Waals surface area contributed by atoms with Crippen molar-refractivity contribution in [3.63, 3.8) is 0 Å². The molecule has 2 aromatic rings. The Morgan fingerprint density at radius 2 is 1.85 bits per heavy atom. The number of benzene rings is 2. The highest BCUT2D eigenvalue weighted by molar-refractivity contribution is 5.91. The monoisotopic (exact) mass is 368 g/mol. The molecule has 27 heavy (non-hydrogen) atoms. The lowest BCUT2D eigenvalue weighted by Crippen LogP contribution is -2.34. The van der Waals surface area contributed by atoms with Crippen molar-refractivity contribution in [3.8, 4) is 5.75 Å². The maximum atomic E-state index is 13.7. The zero-order chi connectivity index (χ0) is 19.1. The van der Waals surface area contributed by atoms with Gasteiger partial charge in [-0.2, -0.15) is 0 Å². The largest absolute Gasteiger partial charge is 0.497 e. The maximum absolute atomic E-state index is 13.7. The van der Waals surface area contributed by atoms with Crippen LogP contribution in [0.15, 0.2) is 54.6 Å². The standard InChI is InChI=1S/C22H25FN2O2/c1-27-20-10-7-18(8-11-20)17-24-13-4-14-25(16-15-24)22(26)12-9-19-5-2-3-6-21(19)23/h2-3,5-12H,4,13-17H2,1H3/b12-9+. The molecule has 0 radical (unpaired) electrons. The Bertz CT molecular complexity index is 789. The molecule has 0 aromatic heterocycles. The van der Waals surface area contributed by atoms with E-state index in [2.05, 4.69) is 17.0 Å². The molecule has 1 amide bonds. The summed E-state index contributed by atoms with van der Waals surface area (Å²) >= 11 is 0. The van der Waals surface area contributed by atoms with E-state index in [4.69, 9.17) is 4.74 Å². The molecule has 5 heteroatoms. The lowest BCUT2D eigenvalue weighted by molar-refractivity contribution is -0.125. The Morgan fingerprint density at radius 1 is 1.07 bits per heavy atom. The fourth-order valence-corrected chi connectivity index (χ4v) is 3.22. The van der Waals surface area contributed by atoms with Crippen LogP contribution < -0.4 is 4.74 Å². The van der Waals surface area contributed by atoms with Crippen LogP contribution in [0.25, 0.3) is 6.08 Å². The van der Waals surface area contributed by atoms with Gasteiger partial charge in [0, 0.05) is 44.4 Å². The first kappa shape index (κ1) is 19.1. The molecule has 0 bridgehead atoms. The first-order valence-corrected chi connectivity index (χ1v) is 9.22. The fourth-order valence-electron chi connectivity index (χ4n) is 3.22. The average Bonchev–Trinajstić information content (AvgIpc) is 2.93. The number of amides is 1. The maximum Gasteiger partial charge on any atom is 0.246 e. The quantitative estimate of drug-likeness (QED) is 0.757. The second kappa shape index (κ2) is 9.33. The molecular weight excluding hydrogens is 343 g/mol. The van der Waals surface area contributed by atoms with Gasteiger partial charge in [-0.3, -0.25) is 9.69 Å². The summed E-state index contributed by atoms with van der Waals surface area (Å²) < 4.78 is 18.9. The van der Waals surface area contributed by atoms with Crippen LogP contribution in [0.3, 0.4) is 0 Å². The Morgan fingerprint density at radius 3 is 2.59 bits per heavy atom. The molecule has 0 spiro atoms.